The summed E-state index contributed by atoms with van der Waals surface area (Å²) >= 11 is 0. The van der Waals surface area contributed by atoms with Crippen molar-refractivity contribution in [3.8, 4) is 11.3 Å². The van der Waals surface area contributed by atoms with Gasteiger partial charge in [0.05, 0.1) is 5.69 Å². The summed E-state index contributed by atoms with van der Waals surface area (Å²) in [5, 5.41) is 1.07. The highest BCUT2D eigenvalue weighted by Crippen LogP contribution is 2.37. The van der Waals surface area contributed by atoms with Crippen LogP contribution in [0.4, 0.5) is 0 Å². The molecule has 0 aliphatic heterocycles. The molecule has 22 heavy (non-hydrogen) atoms. The zero-order valence-corrected chi connectivity index (χ0v) is 12.5. The molecule has 3 rings (SSSR count). The molecule has 4 heteroatoms. The Morgan fingerprint density at radius 1 is 1.09 bits per heavy atom. The summed E-state index contributed by atoms with van der Waals surface area (Å²) in [7, 11) is 2.02. The first-order valence-corrected chi connectivity index (χ1v) is 7.26. The molecular formula is C18H19N3O. The molecule has 2 aromatic carbocycles. The smallest absolute Gasteiger partial charge is 0.219 e. The van der Waals surface area contributed by atoms with Crippen molar-refractivity contribution in [3.63, 3.8) is 0 Å². The average Bonchev–Trinajstić information content (AvgIpc) is 2.81. The molecule has 0 spiro atoms. The van der Waals surface area contributed by atoms with Crippen LogP contribution in [0.5, 0.6) is 0 Å². The lowest BCUT2D eigenvalue weighted by Gasteiger charge is -2.13. The molecule has 1 amide bonds. The van der Waals surface area contributed by atoms with Crippen LogP contribution in [0.25, 0.3) is 22.2 Å². The number of benzene rings is 2. The van der Waals surface area contributed by atoms with Gasteiger partial charge in [0.2, 0.25) is 5.91 Å². The van der Waals surface area contributed by atoms with Gasteiger partial charge in [-0.25, -0.2) is 0 Å². The van der Waals surface area contributed by atoms with Crippen molar-refractivity contribution in [1.29, 1.82) is 0 Å². The van der Waals surface area contributed by atoms with E-state index < -0.39 is 6.04 Å². The third kappa shape index (κ3) is 2.38. The molecule has 4 nitrogen and oxygen atoms in total. The maximum absolute atomic E-state index is 11.3. The Balaban J connectivity index is 2.30. The molecule has 1 atom stereocenters. The predicted molar refractivity (Wildman–Crippen MR) is 89.1 cm³/mol. The molecule has 0 aliphatic carbocycles. The van der Waals surface area contributed by atoms with Gasteiger partial charge >= 0.3 is 0 Å². The first kappa shape index (κ1) is 14.4. The number of carbonyl (C=O) groups is 1. The van der Waals surface area contributed by atoms with Gasteiger partial charge in [-0.1, -0.05) is 48.5 Å². The zero-order valence-electron chi connectivity index (χ0n) is 12.5. The minimum absolute atomic E-state index is 0.133. The fourth-order valence-electron chi connectivity index (χ4n) is 3.06. The molecule has 0 saturated heterocycles. The Morgan fingerprint density at radius 3 is 2.41 bits per heavy atom. The highest BCUT2D eigenvalue weighted by atomic mass is 16.1. The van der Waals surface area contributed by atoms with Gasteiger partial charge in [-0.15, -0.1) is 0 Å². The van der Waals surface area contributed by atoms with Crippen molar-refractivity contribution in [1.82, 2.24) is 4.57 Å². The third-order valence-corrected chi connectivity index (χ3v) is 3.99. The largest absolute Gasteiger partial charge is 0.370 e. The summed E-state index contributed by atoms with van der Waals surface area (Å²) < 4.78 is 2.13. The first-order chi connectivity index (χ1) is 10.6. The van der Waals surface area contributed by atoms with Crippen molar-refractivity contribution in [2.75, 3.05) is 0 Å². The number of hydrogen-bond donors (Lipinski definition) is 2. The lowest BCUT2D eigenvalue weighted by Crippen LogP contribution is -2.21. The number of nitrogens with two attached hydrogens (primary N) is 2. The van der Waals surface area contributed by atoms with Crippen molar-refractivity contribution in [3.05, 3.63) is 60.2 Å². The van der Waals surface area contributed by atoms with Gasteiger partial charge in [-0.3, -0.25) is 4.79 Å². The average molecular weight is 293 g/mol. The van der Waals surface area contributed by atoms with Gasteiger partial charge in [-0.05, 0) is 11.6 Å². The van der Waals surface area contributed by atoms with Crippen LogP contribution in [0, 0.1) is 0 Å². The first-order valence-electron chi connectivity index (χ1n) is 7.26. The van der Waals surface area contributed by atoms with E-state index in [0.29, 0.717) is 0 Å². The fraction of sp³-hybridized carbons (Fsp3) is 0.167. The highest BCUT2D eigenvalue weighted by Gasteiger charge is 2.22. The predicted octanol–water partition coefficient (Wildman–Crippen LogP) is 2.72. The second-order valence-corrected chi connectivity index (χ2v) is 5.48. The number of aromatic nitrogens is 1. The zero-order chi connectivity index (χ0) is 15.7. The third-order valence-electron chi connectivity index (χ3n) is 3.99. The molecule has 0 saturated carbocycles. The van der Waals surface area contributed by atoms with Crippen molar-refractivity contribution >= 4 is 16.8 Å². The van der Waals surface area contributed by atoms with Gasteiger partial charge in [0, 0.05) is 36.0 Å². The molecule has 0 radical (unpaired) electrons. The Bertz CT molecular complexity index is 821. The molecule has 0 fully saturated rings. The van der Waals surface area contributed by atoms with Crippen LogP contribution in [-0.2, 0) is 11.8 Å². The van der Waals surface area contributed by atoms with Gasteiger partial charge in [0.1, 0.15) is 0 Å². The normalized spacial score (nSPS) is 12.5. The van der Waals surface area contributed by atoms with Crippen LogP contribution in [0.2, 0.25) is 0 Å². The quantitative estimate of drug-likeness (QED) is 0.776. The second-order valence-electron chi connectivity index (χ2n) is 5.48. The van der Waals surface area contributed by atoms with E-state index in [9.17, 15) is 4.79 Å². The Morgan fingerprint density at radius 2 is 1.73 bits per heavy atom. The minimum atomic E-state index is -0.418. The minimum Gasteiger partial charge on any atom is -0.370 e. The van der Waals surface area contributed by atoms with Crippen LogP contribution >= 0.6 is 0 Å². The van der Waals surface area contributed by atoms with Crippen LogP contribution < -0.4 is 11.5 Å². The highest BCUT2D eigenvalue weighted by molar-refractivity contribution is 5.93. The number of hydrogen-bond acceptors (Lipinski definition) is 2. The van der Waals surface area contributed by atoms with Gasteiger partial charge in [0.15, 0.2) is 0 Å². The Kier molecular flexibility index (Phi) is 3.69. The monoisotopic (exact) mass is 293 g/mol. The number of para-hydroxylation sites is 1. The number of nitrogens with zero attached hydrogens (tertiary/aromatic N) is 1. The Hall–Kier alpha value is -2.59. The van der Waals surface area contributed by atoms with E-state index in [1.807, 2.05) is 43.4 Å². The molecule has 4 N–H and O–H groups in total. The molecular weight excluding hydrogens is 274 g/mol. The van der Waals surface area contributed by atoms with E-state index in [1.54, 1.807) is 0 Å². The molecule has 1 aromatic heterocycles. The number of amides is 1. The van der Waals surface area contributed by atoms with Gasteiger partial charge in [0.25, 0.3) is 0 Å². The lowest BCUT2D eigenvalue weighted by atomic mass is 9.97. The van der Waals surface area contributed by atoms with E-state index in [0.717, 1.165) is 27.7 Å². The summed E-state index contributed by atoms with van der Waals surface area (Å²) in [5.74, 6) is -0.389. The molecule has 0 bridgehead atoms. The van der Waals surface area contributed by atoms with Crippen LogP contribution in [0.15, 0.2) is 54.6 Å². The summed E-state index contributed by atoms with van der Waals surface area (Å²) in [6, 6.07) is 17.7. The van der Waals surface area contributed by atoms with E-state index in [4.69, 9.17) is 11.5 Å². The number of aryl methyl sites for hydroxylation is 1. The summed E-state index contributed by atoms with van der Waals surface area (Å²) in [6.07, 6.45) is 0.133. The number of primary amides is 1. The van der Waals surface area contributed by atoms with E-state index in [2.05, 4.69) is 22.8 Å². The topological polar surface area (TPSA) is 74.0 Å². The Labute approximate surface area is 129 Å². The molecule has 3 aromatic rings. The maximum atomic E-state index is 11.3. The summed E-state index contributed by atoms with van der Waals surface area (Å²) in [6.45, 7) is 0. The molecule has 112 valence electrons. The molecule has 1 heterocycles. The molecule has 0 aliphatic rings. The summed E-state index contributed by atoms with van der Waals surface area (Å²) in [4.78, 5) is 11.3. The van der Waals surface area contributed by atoms with E-state index >= 15 is 0 Å². The SMILES string of the molecule is Cn1c(-c2ccccc2)c(C(N)CC(N)=O)c2ccccc21. The molecule has 1 unspecified atom stereocenters. The van der Waals surface area contributed by atoms with Gasteiger partial charge < -0.3 is 16.0 Å². The van der Waals surface area contributed by atoms with Crippen molar-refractivity contribution in [2.24, 2.45) is 18.5 Å². The summed E-state index contributed by atoms with van der Waals surface area (Å²) in [5.41, 5.74) is 15.8. The van der Waals surface area contributed by atoms with E-state index in [-0.39, 0.29) is 12.3 Å². The second kappa shape index (κ2) is 5.66. The standard InChI is InChI=1S/C18H19N3O/c1-21-15-10-6-5-9-13(15)17(14(19)11-16(20)22)18(21)12-7-3-2-4-8-12/h2-10,14H,11,19H2,1H3,(H2,20,22). The van der Waals surface area contributed by atoms with Crippen LogP contribution in [-0.4, -0.2) is 10.5 Å². The van der Waals surface area contributed by atoms with Crippen LogP contribution in [0.1, 0.15) is 18.0 Å². The van der Waals surface area contributed by atoms with Gasteiger partial charge in [-0.2, -0.15) is 0 Å². The van der Waals surface area contributed by atoms with E-state index in [1.165, 1.54) is 0 Å². The number of carbonyl (C=O) groups excluding carboxylic acids is 1. The lowest BCUT2D eigenvalue weighted by molar-refractivity contribution is -0.118. The van der Waals surface area contributed by atoms with Crippen LogP contribution in [0.3, 0.4) is 0 Å². The van der Waals surface area contributed by atoms with Crippen molar-refractivity contribution < 1.29 is 4.79 Å². The number of fused-ring (bicyclic) bond motifs is 1. The fourth-order valence-corrected chi connectivity index (χ4v) is 3.06. The maximum Gasteiger partial charge on any atom is 0.219 e. The van der Waals surface area contributed by atoms with Crippen molar-refractivity contribution in [2.45, 2.75) is 12.5 Å². The number of rotatable bonds is 4.